The molecule has 14 heteroatoms. The molecule has 0 amide bonds. The molecule has 2 atom stereocenters. The second-order valence-electron chi connectivity index (χ2n) is 10.4. The molecule has 0 saturated carbocycles. The first-order valence-electron chi connectivity index (χ1n) is 12.0. The summed E-state index contributed by atoms with van der Waals surface area (Å²) in [4.78, 5) is 30.4. The number of carboxylic acid groups (broad SMARTS) is 1. The van der Waals surface area contributed by atoms with Crippen LogP contribution in [0, 0.1) is 5.41 Å². The summed E-state index contributed by atoms with van der Waals surface area (Å²) in [5.41, 5.74) is -4.97. The van der Waals surface area contributed by atoms with E-state index in [9.17, 15) is 45.4 Å². The Morgan fingerprint density at radius 2 is 1.79 bits per heavy atom. The summed E-state index contributed by atoms with van der Waals surface area (Å²) in [6, 6.07) is -3.24. The molecule has 1 saturated heterocycles. The Balaban J connectivity index is 1.89. The van der Waals surface area contributed by atoms with Crippen molar-refractivity contribution in [1.82, 2.24) is 14.7 Å². The van der Waals surface area contributed by atoms with E-state index >= 15 is 0 Å². The summed E-state index contributed by atoms with van der Waals surface area (Å²) in [5.74, 6) is -2.65. The number of nitrogens with zero attached hydrogens (tertiary/aromatic N) is 3. The van der Waals surface area contributed by atoms with E-state index in [0.717, 1.165) is 12.1 Å². The number of piperidine rings is 1. The van der Waals surface area contributed by atoms with Crippen LogP contribution in [0.5, 0.6) is 0 Å². The highest BCUT2D eigenvalue weighted by atomic mass is 19.4. The summed E-state index contributed by atoms with van der Waals surface area (Å²) in [6.45, 7) is 4.93. The number of rotatable bonds is 5. The van der Waals surface area contributed by atoms with Gasteiger partial charge in [-0.05, 0) is 42.9 Å². The van der Waals surface area contributed by atoms with Gasteiger partial charge in [0, 0.05) is 37.0 Å². The molecule has 0 bridgehead atoms. The number of hydrogen-bond acceptors (Lipinski definition) is 5. The third kappa shape index (κ3) is 6.10. The number of carbonyl (C=O) groups is 1. The third-order valence-electron chi connectivity index (χ3n) is 7.01. The predicted octanol–water partition coefficient (Wildman–Crippen LogP) is 5.17. The van der Waals surface area contributed by atoms with Crippen LogP contribution in [0.25, 0.3) is 5.65 Å². The van der Waals surface area contributed by atoms with Crippen molar-refractivity contribution in [2.45, 2.75) is 57.5 Å². The van der Waals surface area contributed by atoms with Gasteiger partial charge in [0.15, 0.2) is 0 Å². The smallest absolute Gasteiger partial charge is 0.417 e. The molecule has 2 N–H and O–H groups in total. The number of aliphatic carboxylic acids is 1. The van der Waals surface area contributed by atoms with Crippen LogP contribution >= 0.6 is 0 Å². The molecule has 2 unspecified atom stereocenters. The van der Waals surface area contributed by atoms with E-state index in [4.69, 9.17) is 0 Å². The second kappa shape index (κ2) is 9.96. The number of carboxylic acids is 1. The zero-order chi connectivity index (χ0) is 28.9. The number of allylic oxidation sites excluding steroid dienone is 2. The number of nitrogens with one attached hydrogen (secondary N) is 1. The number of hydrogen-bond donors (Lipinski definition) is 2. The Labute approximate surface area is 217 Å². The summed E-state index contributed by atoms with van der Waals surface area (Å²) >= 11 is 0. The molecular formula is C25H25F7N4O3. The minimum Gasteiger partial charge on any atom is -0.478 e. The topological polar surface area (TPSA) is 86.9 Å². The van der Waals surface area contributed by atoms with Gasteiger partial charge in [0.05, 0.1) is 11.1 Å². The zero-order valence-electron chi connectivity index (χ0n) is 20.8. The average molecular weight is 562 g/mol. The van der Waals surface area contributed by atoms with Crippen molar-refractivity contribution < 1.29 is 40.6 Å². The van der Waals surface area contributed by atoms with Crippen molar-refractivity contribution >= 4 is 17.4 Å². The molecule has 7 nitrogen and oxygen atoms in total. The molecule has 0 aromatic carbocycles. The van der Waals surface area contributed by atoms with Crippen LogP contribution in [-0.2, 0) is 11.0 Å². The normalized spacial score (nSPS) is 20.9. The Hall–Kier alpha value is -3.42. The van der Waals surface area contributed by atoms with Gasteiger partial charge < -0.3 is 10.0 Å². The molecule has 2 aliphatic rings. The first-order valence-corrected chi connectivity index (χ1v) is 12.0. The van der Waals surface area contributed by atoms with E-state index in [0.29, 0.717) is 42.6 Å². The Kier molecular flexibility index (Phi) is 7.30. The molecule has 3 heterocycles. The molecule has 1 fully saturated rings. The Morgan fingerprint density at radius 1 is 1.15 bits per heavy atom. The van der Waals surface area contributed by atoms with Gasteiger partial charge in [-0.15, -0.1) is 0 Å². The minimum absolute atomic E-state index is 0.0102. The van der Waals surface area contributed by atoms with Gasteiger partial charge in [-0.25, -0.2) is 14.2 Å². The minimum atomic E-state index is -5.25. The molecule has 0 spiro atoms. The highest BCUT2D eigenvalue weighted by molar-refractivity contribution is 5.89. The molecule has 2 aromatic rings. The number of aromatic nitrogens is 2. The fourth-order valence-corrected chi connectivity index (χ4v) is 4.68. The van der Waals surface area contributed by atoms with Crippen molar-refractivity contribution in [3.63, 3.8) is 0 Å². The summed E-state index contributed by atoms with van der Waals surface area (Å²) < 4.78 is 98.5. The molecule has 212 valence electrons. The highest BCUT2D eigenvalue weighted by Crippen LogP contribution is 2.40. The number of fused-ring (bicyclic) bond motifs is 1. The molecule has 2 aromatic heterocycles. The summed E-state index contributed by atoms with van der Waals surface area (Å²) in [5, 5.41) is 11.4. The van der Waals surface area contributed by atoms with Crippen LogP contribution in [0.1, 0.15) is 50.3 Å². The standard InChI is InChI=1S/C25H25F7N4O3/c1-23(2)5-7-35(8-6-23)18-11-19(37)36-12-13(24(27,28)29)9-16(21(36)34-18)20(25(30,31)32)33-17-4-3-14(26)10-15(17)22(38)39/h3,9-12,17,20,33H,4-8H2,1-2H3,(H,38,39). The lowest BCUT2D eigenvalue weighted by Gasteiger charge is -2.37. The van der Waals surface area contributed by atoms with E-state index in [1.807, 2.05) is 19.2 Å². The largest absolute Gasteiger partial charge is 0.478 e. The third-order valence-corrected chi connectivity index (χ3v) is 7.01. The molecule has 1 aliphatic carbocycles. The van der Waals surface area contributed by atoms with E-state index in [-0.39, 0.29) is 17.3 Å². The van der Waals surface area contributed by atoms with Crippen LogP contribution < -0.4 is 15.8 Å². The number of halogens is 7. The van der Waals surface area contributed by atoms with Crippen molar-refractivity contribution in [1.29, 1.82) is 0 Å². The summed E-state index contributed by atoms with van der Waals surface area (Å²) in [7, 11) is 0. The fraction of sp³-hybridized carbons (Fsp3) is 0.480. The van der Waals surface area contributed by atoms with Crippen molar-refractivity contribution in [3.05, 3.63) is 63.4 Å². The number of pyridine rings is 1. The van der Waals surface area contributed by atoms with Crippen molar-refractivity contribution in [3.8, 4) is 0 Å². The highest BCUT2D eigenvalue weighted by Gasteiger charge is 2.46. The first-order chi connectivity index (χ1) is 18.0. The summed E-state index contributed by atoms with van der Waals surface area (Å²) in [6.07, 6.45) is -7.70. The van der Waals surface area contributed by atoms with Gasteiger partial charge in [0.1, 0.15) is 23.3 Å². The molecule has 0 radical (unpaired) electrons. The van der Waals surface area contributed by atoms with Gasteiger partial charge in [0.25, 0.3) is 5.56 Å². The van der Waals surface area contributed by atoms with E-state index in [1.54, 1.807) is 4.90 Å². The quantitative estimate of drug-likeness (QED) is 0.490. The average Bonchev–Trinajstić information content (AvgIpc) is 2.81. The monoisotopic (exact) mass is 562 g/mol. The first kappa shape index (κ1) is 28.6. The van der Waals surface area contributed by atoms with E-state index in [1.165, 1.54) is 0 Å². The van der Waals surface area contributed by atoms with E-state index in [2.05, 4.69) is 4.98 Å². The molecule has 4 rings (SSSR count). The maximum absolute atomic E-state index is 14.4. The Morgan fingerprint density at radius 3 is 2.36 bits per heavy atom. The van der Waals surface area contributed by atoms with Crippen molar-refractivity contribution in [2.24, 2.45) is 5.41 Å². The van der Waals surface area contributed by atoms with Gasteiger partial charge in [-0.3, -0.25) is 14.5 Å². The maximum Gasteiger partial charge on any atom is 0.417 e. The van der Waals surface area contributed by atoms with E-state index < -0.39 is 70.6 Å². The maximum atomic E-state index is 14.4. The lowest BCUT2D eigenvalue weighted by Crippen LogP contribution is -2.44. The lowest BCUT2D eigenvalue weighted by atomic mass is 9.83. The lowest BCUT2D eigenvalue weighted by molar-refractivity contribution is -0.160. The molecule has 1 aliphatic heterocycles. The number of anilines is 1. The van der Waals surface area contributed by atoms with Crippen LogP contribution in [0.3, 0.4) is 0 Å². The number of alkyl halides is 6. The van der Waals surface area contributed by atoms with Crippen LogP contribution in [-0.4, -0.2) is 45.8 Å². The second-order valence-corrected chi connectivity index (χ2v) is 10.4. The SMILES string of the molecule is CC1(C)CCN(c2cc(=O)n3cc(C(F)(F)F)cc(C(NC4CC=C(F)C=C4C(=O)O)C(F)(F)F)c3n2)CC1. The van der Waals surface area contributed by atoms with Crippen LogP contribution in [0.2, 0.25) is 0 Å². The zero-order valence-corrected chi connectivity index (χ0v) is 20.8. The predicted molar refractivity (Wildman–Crippen MR) is 127 cm³/mol. The van der Waals surface area contributed by atoms with Gasteiger partial charge in [-0.1, -0.05) is 13.8 Å². The van der Waals surface area contributed by atoms with Gasteiger partial charge >= 0.3 is 18.3 Å². The van der Waals surface area contributed by atoms with Crippen molar-refractivity contribution in [2.75, 3.05) is 18.0 Å². The van der Waals surface area contributed by atoms with Crippen LogP contribution in [0.15, 0.2) is 46.7 Å². The van der Waals surface area contributed by atoms with Gasteiger partial charge in [0.2, 0.25) is 0 Å². The van der Waals surface area contributed by atoms with Crippen LogP contribution in [0.4, 0.5) is 36.6 Å². The Bertz CT molecular complexity index is 1400. The van der Waals surface area contributed by atoms with Gasteiger partial charge in [-0.2, -0.15) is 26.3 Å². The fourth-order valence-electron chi connectivity index (χ4n) is 4.68. The molecular weight excluding hydrogens is 537 g/mol. The molecule has 39 heavy (non-hydrogen) atoms.